The van der Waals surface area contributed by atoms with Crippen molar-refractivity contribution in [3.63, 3.8) is 0 Å². The molecule has 1 atom stereocenters. The third-order valence-electron chi connectivity index (χ3n) is 2.11. The standard InChI is InChI=1S/C8H16BrN/c1-7(6-9)10-8-4-2-3-5-8/h7-8,10H,2-6H2,1H3. The minimum absolute atomic E-state index is 0.642. The highest BCUT2D eigenvalue weighted by Gasteiger charge is 2.15. The van der Waals surface area contributed by atoms with E-state index in [1.54, 1.807) is 0 Å². The molecule has 1 rings (SSSR count). The number of halogens is 1. The summed E-state index contributed by atoms with van der Waals surface area (Å²) in [5.41, 5.74) is 0. The van der Waals surface area contributed by atoms with Gasteiger partial charge in [-0.2, -0.15) is 0 Å². The van der Waals surface area contributed by atoms with Crippen LogP contribution in [0, 0.1) is 0 Å². The van der Waals surface area contributed by atoms with Gasteiger partial charge in [0, 0.05) is 17.4 Å². The summed E-state index contributed by atoms with van der Waals surface area (Å²) in [6, 6.07) is 1.45. The Bertz CT molecular complexity index is 89.3. The van der Waals surface area contributed by atoms with Crippen LogP contribution < -0.4 is 5.32 Å². The first kappa shape index (κ1) is 8.54. The van der Waals surface area contributed by atoms with Crippen molar-refractivity contribution in [3.8, 4) is 0 Å². The normalized spacial score (nSPS) is 23.4. The Morgan fingerprint density at radius 3 is 2.60 bits per heavy atom. The lowest BCUT2D eigenvalue weighted by molar-refractivity contribution is 0.476. The molecule has 0 aromatic rings. The quantitative estimate of drug-likeness (QED) is 0.698. The molecule has 2 heteroatoms. The number of rotatable bonds is 3. The molecule has 1 unspecified atom stereocenters. The van der Waals surface area contributed by atoms with Crippen molar-refractivity contribution in [2.24, 2.45) is 0 Å². The molecule has 0 heterocycles. The first-order valence-corrected chi connectivity index (χ1v) is 5.27. The summed E-state index contributed by atoms with van der Waals surface area (Å²) in [7, 11) is 0. The van der Waals surface area contributed by atoms with Gasteiger partial charge in [-0.1, -0.05) is 28.8 Å². The molecule has 1 N–H and O–H groups in total. The van der Waals surface area contributed by atoms with Gasteiger partial charge >= 0.3 is 0 Å². The molecule has 10 heavy (non-hydrogen) atoms. The highest BCUT2D eigenvalue weighted by atomic mass is 79.9. The molecular formula is C8H16BrN. The van der Waals surface area contributed by atoms with Gasteiger partial charge in [0.1, 0.15) is 0 Å². The molecule has 0 amide bonds. The van der Waals surface area contributed by atoms with Gasteiger partial charge in [-0.3, -0.25) is 0 Å². The van der Waals surface area contributed by atoms with Crippen molar-refractivity contribution in [2.75, 3.05) is 5.33 Å². The van der Waals surface area contributed by atoms with Crippen molar-refractivity contribution < 1.29 is 0 Å². The van der Waals surface area contributed by atoms with Gasteiger partial charge in [-0.05, 0) is 19.8 Å². The lowest BCUT2D eigenvalue weighted by Gasteiger charge is -2.16. The molecule has 0 saturated heterocycles. The lowest BCUT2D eigenvalue weighted by atomic mass is 10.2. The Hall–Kier alpha value is 0.440. The Labute approximate surface area is 71.7 Å². The van der Waals surface area contributed by atoms with E-state index in [0.29, 0.717) is 6.04 Å². The molecule has 0 aliphatic heterocycles. The first-order valence-electron chi connectivity index (χ1n) is 4.15. The molecule has 0 spiro atoms. The second-order valence-electron chi connectivity index (χ2n) is 3.20. The molecule has 1 saturated carbocycles. The molecule has 0 bridgehead atoms. The lowest BCUT2D eigenvalue weighted by Crippen LogP contribution is -2.35. The molecular weight excluding hydrogens is 190 g/mol. The van der Waals surface area contributed by atoms with Crippen LogP contribution in [-0.2, 0) is 0 Å². The molecule has 1 aliphatic rings. The van der Waals surface area contributed by atoms with Gasteiger partial charge in [0.15, 0.2) is 0 Å². The van der Waals surface area contributed by atoms with Gasteiger partial charge in [0.2, 0.25) is 0 Å². The fraction of sp³-hybridized carbons (Fsp3) is 1.00. The SMILES string of the molecule is CC(CBr)NC1CCCC1. The monoisotopic (exact) mass is 205 g/mol. The van der Waals surface area contributed by atoms with E-state index in [2.05, 4.69) is 28.2 Å². The van der Waals surface area contributed by atoms with Crippen LogP contribution in [0.4, 0.5) is 0 Å². The summed E-state index contributed by atoms with van der Waals surface area (Å²) in [5, 5.41) is 4.65. The molecule has 0 aromatic heterocycles. The van der Waals surface area contributed by atoms with Crippen LogP contribution in [0.25, 0.3) is 0 Å². The molecule has 1 nitrogen and oxygen atoms in total. The van der Waals surface area contributed by atoms with Crippen molar-refractivity contribution in [3.05, 3.63) is 0 Å². The molecule has 0 aromatic carbocycles. The zero-order valence-electron chi connectivity index (χ0n) is 6.57. The highest BCUT2D eigenvalue weighted by molar-refractivity contribution is 9.09. The predicted octanol–water partition coefficient (Wildman–Crippen LogP) is 2.30. The molecule has 1 fully saturated rings. The number of nitrogens with one attached hydrogen (secondary N) is 1. The van der Waals surface area contributed by atoms with E-state index in [1.807, 2.05) is 0 Å². The van der Waals surface area contributed by atoms with Gasteiger partial charge < -0.3 is 5.32 Å². The fourth-order valence-electron chi connectivity index (χ4n) is 1.54. The number of alkyl halides is 1. The van der Waals surface area contributed by atoms with E-state index < -0.39 is 0 Å². The highest BCUT2D eigenvalue weighted by Crippen LogP contribution is 2.18. The summed E-state index contributed by atoms with van der Waals surface area (Å²) in [5.74, 6) is 0. The Kier molecular flexibility index (Phi) is 3.71. The zero-order valence-corrected chi connectivity index (χ0v) is 8.15. The Balaban J connectivity index is 2.11. The third-order valence-corrected chi connectivity index (χ3v) is 3.08. The van der Waals surface area contributed by atoms with E-state index in [-0.39, 0.29) is 0 Å². The van der Waals surface area contributed by atoms with Gasteiger partial charge in [-0.25, -0.2) is 0 Å². The molecule has 60 valence electrons. The van der Waals surface area contributed by atoms with Crippen LogP contribution in [0.2, 0.25) is 0 Å². The third kappa shape index (κ3) is 2.59. The summed E-state index contributed by atoms with van der Waals surface area (Å²) < 4.78 is 0. The van der Waals surface area contributed by atoms with Crippen molar-refractivity contribution in [2.45, 2.75) is 44.7 Å². The summed E-state index contributed by atoms with van der Waals surface area (Å²) in [6.45, 7) is 2.23. The van der Waals surface area contributed by atoms with Gasteiger partial charge in [0.25, 0.3) is 0 Å². The summed E-state index contributed by atoms with van der Waals surface area (Å²) in [6.07, 6.45) is 5.62. The Morgan fingerprint density at radius 1 is 1.50 bits per heavy atom. The van der Waals surface area contributed by atoms with Crippen molar-refractivity contribution >= 4 is 15.9 Å². The average Bonchev–Trinajstić information content (AvgIpc) is 2.40. The van der Waals surface area contributed by atoms with Crippen LogP contribution in [0.1, 0.15) is 32.6 Å². The molecule has 0 radical (unpaired) electrons. The van der Waals surface area contributed by atoms with Gasteiger partial charge in [0.05, 0.1) is 0 Å². The van der Waals surface area contributed by atoms with E-state index in [1.165, 1.54) is 25.7 Å². The van der Waals surface area contributed by atoms with Crippen LogP contribution >= 0.6 is 15.9 Å². The maximum Gasteiger partial charge on any atom is 0.0183 e. The topological polar surface area (TPSA) is 12.0 Å². The Morgan fingerprint density at radius 2 is 2.10 bits per heavy atom. The van der Waals surface area contributed by atoms with E-state index >= 15 is 0 Å². The average molecular weight is 206 g/mol. The zero-order chi connectivity index (χ0) is 7.40. The number of hydrogen-bond donors (Lipinski definition) is 1. The largest absolute Gasteiger partial charge is 0.311 e. The maximum atomic E-state index is 3.58. The van der Waals surface area contributed by atoms with Crippen LogP contribution in [0.15, 0.2) is 0 Å². The van der Waals surface area contributed by atoms with Crippen molar-refractivity contribution in [1.29, 1.82) is 0 Å². The van der Waals surface area contributed by atoms with E-state index in [0.717, 1.165) is 11.4 Å². The second kappa shape index (κ2) is 4.35. The first-order chi connectivity index (χ1) is 4.83. The van der Waals surface area contributed by atoms with Crippen LogP contribution in [0.3, 0.4) is 0 Å². The maximum absolute atomic E-state index is 3.58. The minimum atomic E-state index is 0.642. The smallest absolute Gasteiger partial charge is 0.0183 e. The number of hydrogen-bond acceptors (Lipinski definition) is 1. The molecule has 1 aliphatic carbocycles. The van der Waals surface area contributed by atoms with Gasteiger partial charge in [-0.15, -0.1) is 0 Å². The summed E-state index contributed by atoms with van der Waals surface area (Å²) >= 11 is 3.46. The fourth-order valence-corrected chi connectivity index (χ4v) is 1.73. The second-order valence-corrected chi connectivity index (χ2v) is 3.85. The van der Waals surface area contributed by atoms with Crippen LogP contribution in [0.5, 0.6) is 0 Å². The predicted molar refractivity (Wildman–Crippen MR) is 48.6 cm³/mol. The van der Waals surface area contributed by atoms with E-state index in [9.17, 15) is 0 Å². The van der Waals surface area contributed by atoms with Crippen molar-refractivity contribution in [1.82, 2.24) is 5.32 Å². The summed E-state index contributed by atoms with van der Waals surface area (Å²) in [4.78, 5) is 0. The minimum Gasteiger partial charge on any atom is -0.311 e. The van der Waals surface area contributed by atoms with E-state index in [4.69, 9.17) is 0 Å². The van der Waals surface area contributed by atoms with Crippen LogP contribution in [-0.4, -0.2) is 17.4 Å².